The predicted octanol–water partition coefficient (Wildman–Crippen LogP) is 0.866. The first-order valence-electron chi connectivity index (χ1n) is 7.87. The minimum atomic E-state index is -0.553. The van der Waals surface area contributed by atoms with Gasteiger partial charge >= 0.3 is 0 Å². The molecule has 3 aliphatic heterocycles. The van der Waals surface area contributed by atoms with E-state index in [1.54, 1.807) is 43.1 Å². The highest BCUT2D eigenvalue weighted by molar-refractivity contribution is 7.99. The first-order chi connectivity index (χ1) is 11.5. The van der Waals surface area contributed by atoms with E-state index >= 15 is 0 Å². The second-order valence-corrected chi connectivity index (χ2v) is 7.41. The van der Waals surface area contributed by atoms with Gasteiger partial charge in [0.1, 0.15) is 5.75 Å². The molecule has 3 aliphatic rings. The Morgan fingerprint density at radius 3 is 2.50 bits per heavy atom. The summed E-state index contributed by atoms with van der Waals surface area (Å²) < 4.78 is 5.13. The first kappa shape index (κ1) is 15.7. The topological polar surface area (TPSA) is 66.9 Å². The fourth-order valence-electron chi connectivity index (χ4n) is 4.11. The molecule has 0 aliphatic carbocycles. The maximum Gasteiger partial charge on any atom is 0.234 e. The highest BCUT2D eigenvalue weighted by atomic mass is 32.2. The molecule has 0 unspecified atom stereocenters. The van der Waals surface area contributed by atoms with Crippen LogP contribution in [-0.2, 0) is 9.59 Å². The van der Waals surface area contributed by atoms with Crippen LogP contribution in [0.2, 0.25) is 0 Å². The SMILES string of the molecule is COc1ccc(C(=O)[C@@H]2[C@H]3C(=O)N(C)C(=O)[C@H]3[C@H]3CSCN32)cc1. The molecule has 3 saturated heterocycles. The average molecular weight is 346 g/mol. The molecule has 0 radical (unpaired) electrons. The number of Topliss-reactive ketones (excluding diaryl/α,β-unsaturated/α-hetero) is 1. The summed E-state index contributed by atoms with van der Waals surface area (Å²) in [6.07, 6.45) is 0. The lowest BCUT2D eigenvalue weighted by Crippen LogP contribution is -2.45. The number of carbonyl (C=O) groups is 3. The van der Waals surface area contributed by atoms with E-state index < -0.39 is 12.0 Å². The van der Waals surface area contributed by atoms with E-state index in [0.717, 1.165) is 5.75 Å². The Morgan fingerprint density at radius 2 is 1.83 bits per heavy atom. The molecule has 0 bridgehead atoms. The molecule has 3 fully saturated rings. The van der Waals surface area contributed by atoms with Crippen molar-refractivity contribution in [1.82, 2.24) is 9.80 Å². The summed E-state index contributed by atoms with van der Waals surface area (Å²) >= 11 is 1.71. The molecule has 1 aromatic rings. The number of nitrogens with zero attached hydrogens (tertiary/aromatic N) is 2. The van der Waals surface area contributed by atoms with Gasteiger partial charge < -0.3 is 4.74 Å². The van der Waals surface area contributed by atoms with E-state index in [-0.39, 0.29) is 29.6 Å². The lowest BCUT2D eigenvalue weighted by molar-refractivity contribution is -0.139. The highest BCUT2D eigenvalue weighted by Crippen LogP contribution is 2.47. The van der Waals surface area contributed by atoms with E-state index in [1.807, 2.05) is 0 Å². The number of hydrogen-bond donors (Lipinski definition) is 0. The van der Waals surface area contributed by atoms with Crippen molar-refractivity contribution >= 4 is 29.4 Å². The van der Waals surface area contributed by atoms with Gasteiger partial charge in [-0.3, -0.25) is 24.2 Å². The van der Waals surface area contributed by atoms with Crippen LogP contribution in [0.25, 0.3) is 0 Å². The van der Waals surface area contributed by atoms with Crippen LogP contribution in [0, 0.1) is 11.8 Å². The number of methoxy groups -OCH3 is 1. The largest absolute Gasteiger partial charge is 0.497 e. The Hall–Kier alpha value is -1.86. The molecule has 126 valence electrons. The van der Waals surface area contributed by atoms with Gasteiger partial charge in [0.25, 0.3) is 0 Å². The molecular weight excluding hydrogens is 328 g/mol. The molecule has 2 amide bonds. The predicted molar refractivity (Wildman–Crippen MR) is 88.8 cm³/mol. The van der Waals surface area contributed by atoms with Crippen LogP contribution >= 0.6 is 11.8 Å². The summed E-state index contributed by atoms with van der Waals surface area (Å²) in [5.74, 6) is 0.762. The quantitative estimate of drug-likeness (QED) is 0.598. The Bertz CT molecular complexity index is 720. The number of imide groups is 1. The molecule has 3 heterocycles. The standard InChI is InChI=1S/C17H18N2O4S/c1-18-16(21)12-11-7-24-8-19(11)14(13(12)17(18)22)15(20)9-3-5-10(23-2)6-4-9/h3-6,11-14H,7-8H2,1-2H3/t11-,12+,13+,14+/m1/s1. The molecule has 7 heteroatoms. The fraction of sp³-hybridized carbons (Fsp3) is 0.471. The minimum absolute atomic E-state index is 0.0198. The number of ether oxygens (including phenoxy) is 1. The number of fused-ring (bicyclic) bond motifs is 3. The number of carbonyl (C=O) groups excluding carboxylic acids is 3. The van der Waals surface area contributed by atoms with Crippen molar-refractivity contribution in [3.05, 3.63) is 29.8 Å². The Balaban J connectivity index is 1.71. The van der Waals surface area contributed by atoms with Gasteiger partial charge in [0.15, 0.2) is 5.78 Å². The van der Waals surface area contributed by atoms with Crippen molar-refractivity contribution in [3.8, 4) is 5.75 Å². The molecule has 0 N–H and O–H groups in total. The number of benzene rings is 1. The van der Waals surface area contributed by atoms with Crippen LogP contribution in [-0.4, -0.2) is 65.3 Å². The molecule has 4 rings (SSSR count). The highest BCUT2D eigenvalue weighted by Gasteiger charge is 2.64. The van der Waals surface area contributed by atoms with E-state index in [0.29, 0.717) is 17.2 Å². The third kappa shape index (κ3) is 2.04. The first-order valence-corrected chi connectivity index (χ1v) is 9.03. The van der Waals surface area contributed by atoms with Gasteiger partial charge in [-0.15, -0.1) is 11.8 Å². The minimum Gasteiger partial charge on any atom is -0.497 e. The van der Waals surface area contributed by atoms with E-state index in [1.165, 1.54) is 11.9 Å². The van der Waals surface area contributed by atoms with Crippen LogP contribution < -0.4 is 4.74 Å². The summed E-state index contributed by atoms with van der Waals surface area (Å²) in [6.45, 7) is 0. The summed E-state index contributed by atoms with van der Waals surface area (Å²) in [6, 6.07) is 6.35. The van der Waals surface area contributed by atoms with Gasteiger partial charge in [0.2, 0.25) is 11.8 Å². The maximum absolute atomic E-state index is 13.1. The van der Waals surface area contributed by atoms with Crippen LogP contribution in [0.1, 0.15) is 10.4 Å². The molecule has 6 nitrogen and oxygen atoms in total. The van der Waals surface area contributed by atoms with Crippen molar-refractivity contribution < 1.29 is 19.1 Å². The number of likely N-dealkylation sites (tertiary alicyclic amines) is 1. The molecule has 4 atom stereocenters. The molecular formula is C17H18N2O4S. The zero-order valence-corrected chi connectivity index (χ0v) is 14.3. The zero-order chi connectivity index (χ0) is 17.0. The summed E-state index contributed by atoms with van der Waals surface area (Å²) in [5.41, 5.74) is 0.548. The number of ketones is 1. The Labute approximate surface area is 144 Å². The van der Waals surface area contributed by atoms with E-state index in [9.17, 15) is 14.4 Å². The van der Waals surface area contributed by atoms with Gasteiger partial charge in [-0.25, -0.2) is 0 Å². The zero-order valence-electron chi connectivity index (χ0n) is 13.5. The van der Waals surface area contributed by atoms with Crippen LogP contribution in [0.15, 0.2) is 24.3 Å². The Kier molecular flexibility index (Phi) is 3.65. The molecule has 24 heavy (non-hydrogen) atoms. The number of amides is 2. The normalized spacial score (nSPS) is 32.2. The van der Waals surface area contributed by atoms with Crippen molar-refractivity contribution in [3.63, 3.8) is 0 Å². The van der Waals surface area contributed by atoms with Crippen LogP contribution in [0.5, 0.6) is 5.75 Å². The van der Waals surface area contributed by atoms with Gasteiger partial charge in [-0.05, 0) is 24.3 Å². The van der Waals surface area contributed by atoms with Crippen molar-refractivity contribution in [1.29, 1.82) is 0 Å². The third-order valence-corrected chi connectivity index (χ3v) is 6.39. The van der Waals surface area contributed by atoms with Crippen LogP contribution in [0.3, 0.4) is 0 Å². The number of hydrogen-bond acceptors (Lipinski definition) is 6. The van der Waals surface area contributed by atoms with Gasteiger partial charge in [-0.2, -0.15) is 0 Å². The van der Waals surface area contributed by atoms with Gasteiger partial charge in [-0.1, -0.05) is 0 Å². The molecule has 0 spiro atoms. The lowest BCUT2D eigenvalue weighted by atomic mass is 9.86. The Morgan fingerprint density at radius 1 is 1.17 bits per heavy atom. The lowest BCUT2D eigenvalue weighted by Gasteiger charge is -2.25. The van der Waals surface area contributed by atoms with E-state index in [2.05, 4.69) is 4.90 Å². The number of rotatable bonds is 3. The third-order valence-electron chi connectivity index (χ3n) is 5.33. The smallest absolute Gasteiger partial charge is 0.234 e. The summed E-state index contributed by atoms with van der Waals surface area (Å²) in [5, 5.41) is 0. The van der Waals surface area contributed by atoms with Crippen LogP contribution in [0.4, 0.5) is 0 Å². The van der Waals surface area contributed by atoms with Gasteiger partial charge in [0.05, 0.1) is 25.0 Å². The maximum atomic E-state index is 13.1. The summed E-state index contributed by atoms with van der Waals surface area (Å²) in [7, 11) is 3.09. The number of thioether (sulfide) groups is 1. The second kappa shape index (κ2) is 5.60. The van der Waals surface area contributed by atoms with Crippen molar-refractivity contribution in [2.24, 2.45) is 11.8 Å². The monoisotopic (exact) mass is 346 g/mol. The molecule has 1 aromatic carbocycles. The van der Waals surface area contributed by atoms with Crippen molar-refractivity contribution in [2.75, 3.05) is 25.8 Å². The van der Waals surface area contributed by atoms with Gasteiger partial charge in [0, 0.05) is 30.3 Å². The molecule has 0 aromatic heterocycles. The van der Waals surface area contributed by atoms with E-state index in [4.69, 9.17) is 4.74 Å². The molecule has 0 saturated carbocycles. The van der Waals surface area contributed by atoms with Crippen molar-refractivity contribution in [2.45, 2.75) is 12.1 Å². The summed E-state index contributed by atoms with van der Waals surface area (Å²) in [4.78, 5) is 41.4. The average Bonchev–Trinajstić information content (AvgIpc) is 3.24. The second-order valence-electron chi connectivity index (χ2n) is 6.41. The fourth-order valence-corrected chi connectivity index (χ4v) is 5.42.